The van der Waals surface area contributed by atoms with Crippen LogP contribution in [0.5, 0.6) is 0 Å². The summed E-state index contributed by atoms with van der Waals surface area (Å²) in [5, 5.41) is 0. The van der Waals surface area contributed by atoms with Crippen LogP contribution >= 0.6 is 28.6 Å². The van der Waals surface area contributed by atoms with Crippen molar-refractivity contribution in [2.45, 2.75) is 18.4 Å². The van der Waals surface area contributed by atoms with Gasteiger partial charge in [-0.05, 0) is 52.2 Å². The number of hydrogen-bond acceptors (Lipinski definition) is 2. The predicted molar refractivity (Wildman–Crippen MR) is 88.4 cm³/mol. The SMILES string of the molecule is Cc1ccccc1CN(C)C(=O)c1cc(S)ccc1Br. The highest BCUT2D eigenvalue weighted by Crippen LogP contribution is 2.22. The lowest BCUT2D eigenvalue weighted by molar-refractivity contribution is 0.0784. The third kappa shape index (κ3) is 3.44. The van der Waals surface area contributed by atoms with Crippen molar-refractivity contribution in [3.05, 3.63) is 63.6 Å². The number of hydrogen-bond donors (Lipinski definition) is 1. The molecule has 0 spiro atoms. The highest BCUT2D eigenvalue weighted by atomic mass is 79.9. The van der Waals surface area contributed by atoms with Crippen molar-refractivity contribution < 1.29 is 4.79 Å². The van der Waals surface area contributed by atoms with Crippen LogP contribution in [0.15, 0.2) is 51.8 Å². The maximum Gasteiger partial charge on any atom is 0.255 e. The zero-order valence-electron chi connectivity index (χ0n) is 11.4. The second-order valence-corrected chi connectivity index (χ2v) is 6.12. The fourth-order valence-corrected chi connectivity index (χ4v) is 2.62. The molecule has 0 N–H and O–H groups in total. The van der Waals surface area contributed by atoms with E-state index < -0.39 is 0 Å². The largest absolute Gasteiger partial charge is 0.337 e. The van der Waals surface area contributed by atoms with Gasteiger partial charge in [-0.3, -0.25) is 4.79 Å². The van der Waals surface area contributed by atoms with Crippen LogP contribution in [0.1, 0.15) is 21.5 Å². The van der Waals surface area contributed by atoms with E-state index in [1.165, 1.54) is 5.56 Å². The molecule has 0 bridgehead atoms. The fourth-order valence-electron chi connectivity index (χ4n) is 2.00. The molecule has 0 unspecified atom stereocenters. The average Bonchev–Trinajstić information content (AvgIpc) is 2.43. The first-order valence-corrected chi connectivity index (χ1v) is 7.51. The van der Waals surface area contributed by atoms with Crippen LogP contribution in [-0.2, 0) is 6.54 Å². The zero-order valence-corrected chi connectivity index (χ0v) is 13.9. The lowest BCUT2D eigenvalue weighted by Crippen LogP contribution is -2.26. The lowest BCUT2D eigenvalue weighted by Gasteiger charge is -2.19. The first-order chi connectivity index (χ1) is 9.49. The highest BCUT2D eigenvalue weighted by Gasteiger charge is 2.16. The second-order valence-electron chi connectivity index (χ2n) is 4.75. The Morgan fingerprint density at radius 3 is 2.65 bits per heavy atom. The Bertz CT molecular complexity index is 642. The van der Waals surface area contributed by atoms with Crippen molar-refractivity contribution in [1.29, 1.82) is 0 Å². The molecule has 0 aliphatic carbocycles. The quantitative estimate of drug-likeness (QED) is 0.818. The molecule has 1 amide bonds. The van der Waals surface area contributed by atoms with E-state index in [1.807, 2.05) is 37.4 Å². The topological polar surface area (TPSA) is 20.3 Å². The standard InChI is InChI=1S/C16H16BrNOS/c1-11-5-3-4-6-12(11)10-18(2)16(19)14-9-13(20)7-8-15(14)17/h3-9,20H,10H2,1-2H3. The number of rotatable bonds is 3. The molecule has 2 aromatic rings. The minimum absolute atomic E-state index is 0.0176. The summed E-state index contributed by atoms with van der Waals surface area (Å²) >= 11 is 7.71. The van der Waals surface area contributed by atoms with Gasteiger partial charge in [-0.15, -0.1) is 12.6 Å². The summed E-state index contributed by atoms with van der Waals surface area (Å²) in [5.74, 6) is -0.0176. The highest BCUT2D eigenvalue weighted by molar-refractivity contribution is 9.10. The van der Waals surface area contributed by atoms with E-state index in [1.54, 1.807) is 11.0 Å². The molecule has 0 atom stereocenters. The normalized spacial score (nSPS) is 10.4. The van der Waals surface area contributed by atoms with Crippen molar-refractivity contribution in [2.24, 2.45) is 0 Å². The van der Waals surface area contributed by atoms with Gasteiger partial charge in [0.2, 0.25) is 0 Å². The number of benzene rings is 2. The molecule has 0 radical (unpaired) electrons. The molecular formula is C16H16BrNOS. The van der Waals surface area contributed by atoms with E-state index in [0.29, 0.717) is 12.1 Å². The lowest BCUT2D eigenvalue weighted by atomic mass is 10.1. The fraction of sp³-hybridized carbons (Fsp3) is 0.188. The predicted octanol–water partition coefficient (Wildman–Crippen LogP) is 4.32. The monoisotopic (exact) mass is 349 g/mol. The van der Waals surface area contributed by atoms with Crippen LogP contribution in [0.4, 0.5) is 0 Å². The van der Waals surface area contributed by atoms with E-state index in [0.717, 1.165) is 14.9 Å². The number of aryl methyl sites for hydroxylation is 1. The van der Waals surface area contributed by atoms with Crippen LogP contribution in [0, 0.1) is 6.92 Å². The Morgan fingerprint density at radius 2 is 1.95 bits per heavy atom. The van der Waals surface area contributed by atoms with Gasteiger partial charge in [0.1, 0.15) is 0 Å². The average molecular weight is 350 g/mol. The van der Waals surface area contributed by atoms with Gasteiger partial charge in [0, 0.05) is 23.0 Å². The van der Waals surface area contributed by atoms with Gasteiger partial charge in [0.15, 0.2) is 0 Å². The second kappa shape index (κ2) is 6.46. The Labute approximate surface area is 133 Å². The Hall–Kier alpha value is -1.26. The third-order valence-electron chi connectivity index (χ3n) is 3.20. The van der Waals surface area contributed by atoms with Crippen molar-refractivity contribution in [2.75, 3.05) is 7.05 Å². The molecule has 104 valence electrons. The van der Waals surface area contributed by atoms with Gasteiger partial charge in [-0.1, -0.05) is 24.3 Å². The molecule has 2 rings (SSSR count). The Morgan fingerprint density at radius 1 is 1.25 bits per heavy atom. The number of carbonyl (C=O) groups is 1. The Kier molecular flexibility index (Phi) is 4.89. The van der Waals surface area contributed by atoms with Crippen molar-refractivity contribution in [3.63, 3.8) is 0 Å². The number of halogens is 1. The minimum atomic E-state index is -0.0176. The number of nitrogens with zero attached hydrogens (tertiary/aromatic N) is 1. The Balaban J connectivity index is 2.21. The van der Waals surface area contributed by atoms with E-state index in [2.05, 4.69) is 41.5 Å². The molecule has 4 heteroatoms. The van der Waals surface area contributed by atoms with Gasteiger partial charge < -0.3 is 4.90 Å². The molecule has 0 aromatic heterocycles. The van der Waals surface area contributed by atoms with Crippen LogP contribution in [0.3, 0.4) is 0 Å². The summed E-state index contributed by atoms with van der Waals surface area (Å²) in [5.41, 5.74) is 2.98. The third-order valence-corrected chi connectivity index (χ3v) is 4.17. The molecule has 2 aromatic carbocycles. The van der Waals surface area contributed by atoms with Crippen LogP contribution in [-0.4, -0.2) is 17.9 Å². The molecule has 2 nitrogen and oxygen atoms in total. The van der Waals surface area contributed by atoms with Crippen LogP contribution in [0.25, 0.3) is 0 Å². The van der Waals surface area contributed by atoms with Gasteiger partial charge in [0.05, 0.1) is 5.56 Å². The van der Waals surface area contributed by atoms with Gasteiger partial charge in [0.25, 0.3) is 5.91 Å². The van der Waals surface area contributed by atoms with Gasteiger partial charge in [-0.2, -0.15) is 0 Å². The van der Waals surface area contributed by atoms with Gasteiger partial charge >= 0.3 is 0 Å². The molecule has 0 saturated carbocycles. The summed E-state index contributed by atoms with van der Waals surface area (Å²) < 4.78 is 0.789. The summed E-state index contributed by atoms with van der Waals surface area (Å²) in [6.07, 6.45) is 0. The van der Waals surface area contributed by atoms with E-state index in [-0.39, 0.29) is 5.91 Å². The first kappa shape index (κ1) is 15.1. The smallest absolute Gasteiger partial charge is 0.255 e. The molecule has 0 fully saturated rings. The van der Waals surface area contributed by atoms with Gasteiger partial charge in [-0.25, -0.2) is 0 Å². The maximum atomic E-state index is 12.5. The zero-order chi connectivity index (χ0) is 14.7. The van der Waals surface area contributed by atoms with Crippen molar-refractivity contribution >= 4 is 34.5 Å². The summed E-state index contributed by atoms with van der Waals surface area (Å²) in [7, 11) is 1.81. The van der Waals surface area contributed by atoms with Crippen LogP contribution in [0.2, 0.25) is 0 Å². The molecule has 0 heterocycles. The molecular weight excluding hydrogens is 334 g/mol. The molecule has 0 aliphatic rings. The van der Waals surface area contributed by atoms with Crippen LogP contribution < -0.4 is 0 Å². The van der Waals surface area contributed by atoms with Crippen molar-refractivity contribution in [3.8, 4) is 0 Å². The summed E-state index contributed by atoms with van der Waals surface area (Å²) in [4.78, 5) is 15.0. The number of amides is 1. The maximum absolute atomic E-state index is 12.5. The van der Waals surface area contributed by atoms with Crippen molar-refractivity contribution in [1.82, 2.24) is 4.90 Å². The number of carbonyl (C=O) groups excluding carboxylic acids is 1. The van der Waals surface area contributed by atoms with E-state index >= 15 is 0 Å². The molecule has 0 saturated heterocycles. The van der Waals surface area contributed by atoms with E-state index in [4.69, 9.17) is 0 Å². The van der Waals surface area contributed by atoms with E-state index in [9.17, 15) is 4.79 Å². The minimum Gasteiger partial charge on any atom is -0.337 e. The molecule has 0 aliphatic heterocycles. The molecule has 20 heavy (non-hydrogen) atoms. The first-order valence-electron chi connectivity index (χ1n) is 6.27. The number of thiol groups is 1. The summed E-state index contributed by atoms with van der Waals surface area (Å²) in [6, 6.07) is 13.6. The summed E-state index contributed by atoms with van der Waals surface area (Å²) in [6.45, 7) is 2.65.